The summed E-state index contributed by atoms with van der Waals surface area (Å²) in [5, 5.41) is 8.88. The molecule has 4 nitrogen and oxygen atoms in total. The first kappa shape index (κ1) is 11.6. The molecule has 0 aliphatic carbocycles. The summed E-state index contributed by atoms with van der Waals surface area (Å²) in [5.41, 5.74) is 7.57. The van der Waals surface area contributed by atoms with Gasteiger partial charge in [0.1, 0.15) is 6.04 Å². The Morgan fingerprint density at radius 1 is 1.62 bits per heavy atom. The first-order valence-electron chi connectivity index (χ1n) is 5.09. The first-order chi connectivity index (χ1) is 7.63. The number of hydrogen-bond donors (Lipinski definition) is 2. The molecule has 0 saturated heterocycles. The van der Waals surface area contributed by atoms with Crippen LogP contribution in [0.5, 0.6) is 0 Å². The quantitative estimate of drug-likeness (QED) is 0.838. The molecule has 0 bridgehead atoms. The van der Waals surface area contributed by atoms with Gasteiger partial charge in [0.15, 0.2) is 0 Å². The number of aliphatic hydroxyl groups is 1. The van der Waals surface area contributed by atoms with Crippen LogP contribution in [0.25, 0.3) is 0 Å². The molecule has 2 rings (SSSR count). The van der Waals surface area contributed by atoms with Crippen LogP contribution in [0.2, 0.25) is 0 Å². The molecule has 1 heterocycles. The molecule has 0 fully saturated rings. The topological polar surface area (TPSA) is 66.6 Å². The number of nitrogens with zero attached hydrogens (tertiary/aromatic N) is 1. The largest absolute Gasteiger partial charge is 0.394 e. The zero-order valence-electron chi connectivity index (χ0n) is 8.69. The zero-order chi connectivity index (χ0) is 11.7. The number of halogens is 1. The predicted molar refractivity (Wildman–Crippen MR) is 65.3 cm³/mol. The molecule has 5 heteroatoms. The second-order valence-corrected chi connectivity index (χ2v) is 4.72. The van der Waals surface area contributed by atoms with Crippen LogP contribution in [0.15, 0.2) is 22.7 Å². The number of rotatable bonds is 2. The van der Waals surface area contributed by atoms with E-state index in [1.807, 2.05) is 18.2 Å². The summed E-state index contributed by atoms with van der Waals surface area (Å²) in [6, 6.07) is 4.98. The monoisotopic (exact) mass is 284 g/mol. The summed E-state index contributed by atoms with van der Waals surface area (Å²) in [5.74, 6) is -0.219. The molecule has 1 aliphatic heterocycles. The van der Waals surface area contributed by atoms with E-state index in [0.717, 1.165) is 22.1 Å². The molecular formula is C11H13BrN2O2. The van der Waals surface area contributed by atoms with E-state index in [9.17, 15) is 4.79 Å². The van der Waals surface area contributed by atoms with Crippen LogP contribution in [0.3, 0.4) is 0 Å². The summed E-state index contributed by atoms with van der Waals surface area (Å²) < 4.78 is 1.01. The highest BCUT2D eigenvalue weighted by atomic mass is 79.9. The number of amides is 1. The van der Waals surface area contributed by atoms with Crippen molar-refractivity contribution in [2.75, 3.05) is 18.1 Å². The summed E-state index contributed by atoms with van der Waals surface area (Å²) >= 11 is 3.40. The van der Waals surface area contributed by atoms with Crippen LogP contribution in [0, 0.1) is 0 Å². The second kappa shape index (κ2) is 4.53. The summed E-state index contributed by atoms with van der Waals surface area (Å²) in [6.45, 7) is 0.319. The van der Waals surface area contributed by atoms with Crippen LogP contribution < -0.4 is 10.6 Å². The highest BCUT2D eigenvalue weighted by Crippen LogP contribution is 2.30. The highest BCUT2D eigenvalue weighted by Gasteiger charge is 2.27. The lowest BCUT2D eigenvalue weighted by atomic mass is 10.2. The standard InChI is InChI=1S/C11H13BrN2O2/c12-8-1-2-10-7(5-8)3-4-14(10)11(16)9(13)6-15/h1-2,5,9,15H,3-4,6,13H2. The molecule has 16 heavy (non-hydrogen) atoms. The lowest BCUT2D eigenvalue weighted by Crippen LogP contribution is -2.45. The first-order valence-corrected chi connectivity index (χ1v) is 5.89. The molecule has 86 valence electrons. The number of fused-ring (bicyclic) bond motifs is 1. The molecule has 0 aromatic heterocycles. The van der Waals surface area contributed by atoms with E-state index in [1.54, 1.807) is 4.90 Å². The van der Waals surface area contributed by atoms with E-state index in [0.29, 0.717) is 6.54 Å². The fourth-order valence-corrected chi connectivity index (χ4v) is 2.29. The average Bonchev–Trinajstić information content (AvgIpc) is 2.69. The number of carbonyl (C=O) groups excluding carboxylic acids is 1. The molecule has 3 N–H and O–H groups in total. The molecular weight excluding hydrogens is 272 g/mol. The van der Waals surface area contributed by atoms with E-state index >= 15 is 0 Å². The smallest absolute Gasteiger partial charge is 0.246 e. The van der Waals surface area contributed by atoms with E-state index < -0.39 is 6.04 Å². The molecule has 1 amide bonds. The lowest BCUT2D eigenvalue weighted by molar-refractivity contribution is -0.120. The Morgan fingerprint density at radius 3 is 3.06 bits per heavy atom. The number of anilines is 1. The third-order valence-corrected chi connectivity index (χ3v) is 3.21. The van der Waals surface area contributed by atoms with Gasteiger partial charge in [0.25, 0.3) is 0 Å². The minimum absolute atomic E-state index is 0.219. The van der Waals surface area contributed by atoms with Gasteiger partial charge in [-0.1, -0.05) is 15.9 Å². The fourth-order valence-electron chi connectivity index (χ4n) is 1.88. The van der Waals surface area contributed by atoms with Crippen molar-refractivity contribution < 1.29 is 9.90 Å². The summed E-state index contributed by atoms with van der Waals surface area (Å²) in [7, 11) is 0. The predicted octanol–water partition coefficient (Wildman–Crippen LogP) is 0.658. The van der Waals surface area contributed by atoms with E-state index in [2.05, 4.69) is 15.9 Å². The van der Waals surface area contributed by atoms with Crippen molar-refractivity contribution in [3.05, 3.63) is 28.2 Å². The maximum Gasteiger partial charge on any atom is 0.246 e. The molecule has 0 spiro atoms. The van der Waals surface area contributed by atoms with Crippen molar-refractivity contribution in [3.8, 4) is 0 Å². The van der Waals surface area contributed by atoms with Crippen LogP contribution in [0.1, 0.15) is 5.56 Å². The van der Waals surface area contributed by atoms with Crippen molar-refractivity contribution in [2.24, 2.45) is 5.73 Å². The zero-order valence-corrected chi connectivity index (χ0v) is 10.3. The molecule has 0 radical (unpaired) electrons. The average molecular weight is 285 g/mol. The van der Waals surface area contributed by atoms with E-state index in [1.165, 1.54) is 0 Å². The van der Waals surface area contributed by atoms with Gasteiger partial charge in [-0.3, -0.25) is 4.79 Å². The van der Waals surface area contributed by atoms with Gasteiger partial charge in [0.05, 0.1) is 6.61 Å². The minimum Gasteiger partial charge on any atom is -0.394 e. The number of carbonyl (C=O) groups is 1. The van der Waals surface area contributed by atoms with Gasteiger partial charge in [0, 0.05) is 16.7 Å². The van der Waals surface area contributed by atoms with E-state index in [-0.39, 0.29) is 12.5 Å². The van der Waals surface area contributed by atoms with Crippen molar-refractivity contribution in [3.63, 3.8) is 0 Å². The summed E-state index contributed by atoms with van der Waals surface area (Å²) in [4.78, 5) is 13.5. The van der Waals surface area contributed by atoms with Gasteiger partial charge in [0.2, 0.25) is 5.91 Å². The van der Waals surface area contributed by atoms with Crippen molar-refractivity contribution >= 4 is 27.5 Å². The van der Waals surface area contributed by atoms with Crippen molar-refractivity contribution in [1.29, 1.82) is 0 Å². The van der Waals surface area contributed by atoms with Gasteiger partial charge in [-0.2, -0.15) is 0 Å². The summed E-state index contributed by atoms with van der Waals surface area (Å²) in [6.07, 6.45) is 0.832. The third kappa shape index (κ3) is 1.98. The lowest BCUT2D eigenvalue weighted by Gasteiger charge is -2.20. The number of nitrogens with two attached hydrogens (primary N) is 1. The Labute approximate surface area is 102 Å². The maximum absolute atomic E-state index is 11.9. The molecule has 1 aromatic carbocycles. The van der Waals surface area contributed by atoms with Crippen LogP contribution in [-0.4, -0.2) is 30.2 Å². The molecule has 1 atom stereocenters. The van der Waals surface area contributed by atoms with Gasteiger partial charge in [-0.15, -0.1) is 0 Å². The van der Waals surface area contributed by atoms with Crippen LogP contribution >= 0.6 is 15.9 Å². The van der Waals surface area contributed by atoms with Crippen LogP contribution in [0.4, 0.5) is 5.69 Å². The van der Waals surface area contributed by atoms with Gasteiger partial charge in [-0.05, 0) is 30.2 Å². The van der Waals surface area contributed by atoms with E-state index in [4.69, 9.17) is 10.8 Å². The molecule has 1 unspecified atom stereocenters. The van der Waals surface area contributed by atoms with Gasteiger partial charge >= 0.3 is 0 Å². The maximum atomic E-state index is 11.9. The third-order valence-electron chi connectivity index (χ3n) is 2.72. The van der Waals surface area contributed by atoms with Crippen molar-refractivity contribution in [1.82, 2.24) is 0 Å². The van der Waals surface area contributed by atoms with Crippen molar-refractivity contribution in [2.45, 2.75) is 12.5 Å². The fraction of sp³-hybridized carbons (Fsp3) is 0.364. The minimum atomic E-state index is -0.824. The molecule has 1 aliphatic rings. The number of aliphatic hydroxyl groups excluding tert-OH is 1. The molecule has 1 aromatic rings. The normalized spacial score (nSPS) is 16.1. The second-order valence-electron chi connectivity index (χ2n) is 3.80. The molecule has 0 saturated carbocycles. The van der Waals surface area contributed by atoms with Gasteiger partial charge in [-0.25, -0.2) is 0 Å². The van der Waals surface area contributed by atoms with Gasteiger partial charge < -0.3 is 15.7 Å². The Morgan fingerprint density at radius 2 is 2.38 bits per heavy atom. The Hall–Kier alpha value is -0.910. The van der Waals surface area contributed by atoms with Crippen LogP contribution in [-0.2, 0) is 11.2 Å². The number of hydrogen-bond acceptors (Lipinski definition) is 3. The Bertz CT molecular complexity index is 422. The SMILES string of the molecule is NC(CO)C(=O)N1CCc2cc(Br)ccc21. The Balaban J connectivity index is 2.27. The Kier molecular flexibility index (Phi) is 3.28. The number of benzene rings is 1. The highest BCUT2D eigenvalue weighted by molar-refractivity contribution is 9.10.